The fourth-order valence-electron chi connectivity index (χ4n) is 2.42. The number of aliphatic carboxylic acids is 1. The molecule has 0 saturated carbocycles. The summed E-state index contributed by atoms with van der Waals surface area (Å²) in [5.74, 6) is -1.62. The van der Waals surface area contributed by atoms with Crippen molar-refractivity contribution in [3.05, 3.63) is 28.8 Å². The number of piperazine rings is 1. The van der Waals surface area contributed by atoms with Gasteiger partial charge in [-0.05, 0) is 24.7 Å². The molecule has 1 unspecified atom stereocenters. The van der Waals surface area contributed by atoms with Crippen molar-refractivity contribution in [1.82, 2.24) is 4.90 Å². The average Bonchev–Trinajstić information content (AvgIpc) is 2.41. The Balaban J connectivity index is 2.19. The van der Waals surface area contributed by atoms with Gasteiger partial charge in [0.1, 0.15) is 0 Å². The Labute approximate surface area is 123 Å². The van der Waals surface area contributed by atoms with E-state index in [9.17, 15) is 4.79 Å². The van der Waals surface area contributed by atoms with Crippen LogP contribution in [-0.2, 0) is 4.79 Å². The van der Waals surface area contributed by atoms with Gasteiger partial charge in [0, 0.05) is 32.7 Å². The Kier molecular flexibility index (Phi) is 4.86. The lowest BCUT2D eigenvalue weighted by Gasteiger charge is -2.34. The van der Waals surface area contributed by atoms with Crippen molar-refractivity contribution in [3.63, 3.8) is 0 Å². The number of carboxylic acids is 1. The second kappa shape index (κ2) is 6.43. The highest BCUT2D eigenvalue weighted by atomic mass is 35.5. The molecule has 110 valence electrons. The van der Waals surface area contributed by atoms with Crippen molar-refractivity contribution in [2.45, 2.75) is 5.92 Å². The Hall–Kier alpha value is -1.30. The van der Waals surface area contributed by atoms with Crippen LogP contribution in [0.5, 0.6) is 0 Å². The topological polar surface area (TPSA) is 69.8 Å². The van der Waals surface area contributed by atoms with E-state index in [4.69, 9.17) is 22.4 Å². The zero-order chi connectivity index (χ0) is 14.7. The molecule has 0 spiro atoms. The smallest absolute Gasteiger partial charge is 0.312 e. The minimum absolute atomic E-state index is 0.0690. The molecule has 1 aromatic carbocycles. The summed E-state index contributed by atoms with van der Waals surface area (Å²) in [6.45, 7) is 3.92. The largest absolute Gasteiger partial charge is 0.481 e. The molecule has 1 heterocycles. The van der Waals surface area contributed by atoms with Crippen LogP contribution in [0.25, 0.3) is 0 Å². The number of likely N-dealkylation sites (N-methyl/N-ethyl adjacent to an activating group) is 1. The van der Waals surface area contributed by atoms with E-state index in [0.29, 0.717) is 10.6 Å². The molecule has 1 saturated heterocycles. The molecule has 3 N–H and O–H groups in total. The summed E-state index contributed by atoms with van der Waals surface area (Å²) >= 11 is 6.32. The summed E-state index contributed by atoms with van der Waals surface area (Å²) < 4.78 is 0. The van der Waals surface area contributed by atoms with Crippen LogP contribution >= 0.6 is 11.6 Å². The predicted molar refractivity (Wildman–Crippen MR) is 80.6 cm³/mol. The highest BCUT2D eigenvalue weighted by Gasteiger charge is 2.21. The first-order chi connectivity index (χ1) is 9.52. The van der Waals surface area contributed by atoms with E-state index in [2.05, 4.69) is 16.8 Å². The number of hydrogen-bond acceptors (Lipinski definition) is 4. The number of nitrogens with two attached hydrogens (primary N) is 1. The van der Waals surface area contributed by atoms with Crippen LogP contribution in [0, 0.1) is 0 Å². The summed E-state index contributed by atoms with van der Waals surface area (Å²) in [6.07, 6.45) is 0. The monoisotopic (exact) mass is 297 g/mol. The van der Waals surface area contributed by atoms with Crippen LogP contribution in [0.15, 0.2) is 18.2 Å². The minimum Gasteiger partial charge on any atom is -0.481 e. The van der Waals surface area contributed by atoms with E-state index in [-0.39, 0.29) is 6.54 Å². The van der Waals surface area contributed by atoms with E-state index < -0.39 is 11.9 Å². The standard InChI is InChI=1S/C14H20ClN3O2/c1-17-4-6-18(7-5-17)13-3-2-10(8-12(13)15)11(9-16)14(19)20/h2-3,8,11H,4-7,9,16H2,1H3,(H,19,20). The summed E-state index contributed by atoms with van der Waals surface area (Å²) in [6, 6.07) is 5.43. The number of hydrogen-bond donors (Lipinski definition) is 2. The molecule has 0 aromatic heterocycles. The number of halogens is 1. The van der Waals surface area contributed by atoms with Crippen LogP contribution in [0.4, 0.5) is 5.69 Å². The molecule has 0 bridgehead atoms. The molecule has 2 rings (SSSR count). The first-order valence-corrected chi connectivity index (χ1v) is 7.06. The molecule has 5 nitrogen and oxygen atoms in total. The Morgan fingerprint density at radius 2 is 2.05 bits per heavy atom. The highest BCUT2D eigenvalue weighted by Crippen LogP contribution is 2.30. The lowest BCUT2D eigenvalue weighted by atomic mass is 9.99. The van der Waals surface area contributed by atoms with Crippen LogP contribution < -0.4 is 10.6 Å². The van der Waals surface area contributed by atoms with E-state index in [1.54, 1.807) is 6.07 Å². The van der Waals surface area contributed by atoms with Gasteiger partial charge in [-0.2, -0.15) is 0 Å². The van der Waals surface area contributed by atoms with Gasteiger partial charge in [-0.15, -0.1) is 0 Å². The van der Waals surface area contributed by atoms with Crippen LogP contribution in [0.2, 0.25) is 5.02 Å². The van der Waals surface area contributed by atoms with Crippen LogP contribution in [-0.4, -0.2) is 55.7 Å². The fraction of sp³-hybridized carbons (Fsp3) is 0.500. The fourth-order valence-corrected chi connectivity index (χ4v) is 2.73. The second-order valence-electron chi connectivity index (χ2n) is 5.13. The van der Waals surface area contributed by atoms with Crippen LogP contribution in [0.3, 0.4) is 0 Å². The lowest BCUT2D eigenvalue weighted by Crippen LogP contribution is -2.44. The molecule has 1 aliphatic rings. The van der Waals surface area contributed by atoms with E-state index >= 15 is 0 Å². The number of rotatable bonds is 4. The summed E-state index contributed by atoms with van der Waals surface area (Å²) in [5.41, 5.74) is 7.13. The Morgan fingerprint density at radius 3 is 2.55 bits per heavy atom. The maximum atomic E-state index is 11.1. The van der Waals surface area contributed by atoms with Gasteiger partial charge in [-0.1, -0.05) is 17.7 Å². The number of carbonyl (C=O) groups is 1. The third kappa shape index (κ3) is 3.23. The van der Waals surface area contributed by atoms with Gasteiger partial charge >= 0.3 is 5.97 Å². The van der Waals surface area contributed by atoms with E-state index in [1.807, 2.05) is 12.1 Å². The zero-order valence-corrected chi connectivity index (χ0v) is 12.3. The SMILES string of the molecule is CN1CCN(c2ccc(C(CN)C(=O)O)cc2Cl)CC1. The van der Waals surface area contributed by atoms with E-state index in [0.717, 1.165) is 31.9 Å². The maximum Gasteiger partial charge on any atom is 0.312 e. The maximum absolute atomic E-state index is 11.1. The molecule has 6 heteroatoms. The van der Waals surface area contributed by atoms with Crippen molar-refractivity contribution in [2.75, 3.05) is 44.7 Å². The normalized spacial score (nSPS) is 18.1. The number of anilines is 1. The van der Waals surface area contributed by atoms with Gasteiger partial charge in [0.15, 0.2) is 0 Å². The molecule has 20 heavy (non-hydrogen) atoms. The van der Waals surface area contributed by atoms with Crippen molar-refractivity contribution < 1.29 is 9.90 Å². The van der Waals surface area contributed by atoms with E-state index in [1.165, 1.54) is 0 Å². The average molecular weight is 298 g/mol. The zero-order valence-electron chi connectivity index (χ0n) is 11.6. The molecule has 1 atom stereocenters. The lowest BCUT2D eigenvalue weighted by molar-refractivity contribution is -0.138. The predicted octanol–water partition coefficient (Wildman–Crippen LogP) is 1.22. The molecule has 1 aliphatic heterocycles. The molecule has 1 fully saturated rings. The highest BCUT2D eigenvalue weighted by molar-refractivity contribution is 6.33. The van der Waals surface area contributed by atoms with Gasteiger partial charge < -0.3 is 20.6 Å². The van der Waals surface area contributed by atoms with Crippen LogP contribution in [0.1, 0.15) is 11.5 Å². The van der Waals surface area contributed by atoms with Crippen molar-refractivity contribution in [1.29, 1.82) is 0 Å². The number of benzene rings is 1. The van der Waals surface area contributed by atoms with Crippen molar-refractivity contribution in [2.24, 2.45) is 5.73 Å². The molecular weight excluding hydrogens is 278 g/mol. The number of carboxylic acid groups (broad SMARTS) is 1. The minimum atomic E-state index is -0.920. The Morgan fingerprint density at radius 1 is 1.40 bits per heavy atom. The van der Waals surface area contributed by atoms with Gasteiger partial charge in [-0.25, -0.2) is 0 Å². The molecule has 0 radical (unpaired) electrons. The molecule has 0 aliphatic carbocycles. The third-order valence-electron chi connectivity index (χ3n) is 3.75. The summed E-state index contributed by atoms with van der Waals surface area (Å²) in [7, 11) is 2.10. The summed E-state index contributed by atoms with van der Waals surface area (Å²) in [4.78, 5) is 15.6. The van der Waals surface area contributed by atoms with Gasteiger partial charge in [0.2, 0.25) is 0 Å². The first kappa shape index (κ1) is 15.1. The molecular formula is C14H20ClN3O2. The van der Waals surface area contributed by atoms with Gasteiger partial charge in [0.05, 0.1) is 16.6 Å². The third-order valence-corrected chi connectivity index (χ3v) is 4.05. The van der Waals surface area contributed by atoms with Crippen molar-refractivity contribution in [3.8, 4) is 0 Å². The quantitative estimate of drug-likeness (QED) is 0.874. The second-order valence-corrected chi connectivity index (χ2v) is 5.53. The molecule has 0 amide bonds. The first-order valence-electron chi connectivity index (χ1n) is 6.68. The Bertz CT molecular complexity index is 487. The summed E-state index contributed by atoms with van der Waals surface area (Å²) in [5, 5.41) is 9.72. The molecule has 1 aromatic rings. The van der Waals surface area contributed by atoms with Gasteiger partial charge in [-0.3, -0.25) is 4.79 Å². The van der Waals surface area contributed by atoms with Crippen molar-refractivity contribution >= 4 is 23.3 Å². The van der Waals surface area contributed by atoms with Gasteiger partial charge in [0.25, 0.3) is 0 Å². The number of nitrogens with zero attached hydrogens (tertiary/aromatic N) is 2.